The van der Waals surface area contributed by atoms with E-state index in [9.17, 15) is 4.79 Å². The maximum absolute atomic E-state index is 12.0. The van der Waals surface area contributed by atoms with Crippen LogP contribution in [0.2, 0.25) is 0 Å². The molecule has 0 aliphatic rings. The lowest BCUT2D eigenvalue weighted by Crippen LogP contribution is -2.35. The normalized spacial score (nSPS) is 12.3. The Balaban J connectivity index is 2.49. The van der Waals surface area contributed by atoms with E-state index in [4.69, 9.17) is 12.2 Å². The fraction of sp³-hybridized carbons (Fsp3) is 0.786. The van der Waals surface area contributed by atoms with Gasteiger partial charge in [0.25, 0.3) is 0 Å². The molecular weight excluding hydrogens is 272 g/mol. The van der Waals surface area contributed by atoms with Crippen LogP contribution in [0.5, 0.6) is 0 Å². The maximum atomic E-state index is 12.0. The van der Waals surface area contributed by atoms with Crippen molar-refractivity contribution in [2.45, 2.75) is 71.9 Å². The SMILES string of the molecule is CCCCC[C@H](C)NC(=O)Cn1c(CCC)n[nH]c1=S. The number of aromatic nitrogens is 3. The number of aromatic amines is 1. The van der Waals surface area contributed by atoms with Gasteiger partial charge in [-0.1, -0.05) is 33.1 Å². The fourth-order valence-corrected chi connectivity index (χ4v) is 2.38. The second-order valence-corrected chi connectivity index (χ2v) is 5.63. The summed E-state index contributed by atoms with van der Waals surface area (Å²) in [5.41, 5.74) is 0. The van der Waals surface area contributed by atoms with Crippen LogP contribution in [0, 0.1) is 4.77 Å². The van der Waals surface area contributed by atoms with Crippen molar-refractivity contribution in [1.29, 1.82) is 0 Å². The van der Waals surface area contributed by atoms with E-state index in [1.807, 2.05) is 0 Å². The predicted molar refractivity (Wildman–Crippen MR) is 83.2 cm³/mol. The summed E-state index contributed by atoms with van der Waals surface area (Å²) in [6, 6.07) is 0.213. The van der Waals surface area contributed by atoms with Crippen molar-refractivity contribution in [2.75, 3.05) is 0 Å². The molecule has 0 saturated carbocycles. The van der Waals surface area contributed by atoms with E-state index < -0.39 is 0 Å². The smallest absolute Gasteiger partial charge is 0.240 e. The first-order valence-electron chi connectivity index (χ1n) is 7.51. The highest BCUT2D eigenvalue weighted by Gasteiger charge is 2.11. The minimum Gasteiger partial charge on any atom is -0.352 e. The first-order chi connectivity index (χ1) is 9.58. The Hall–Kier alpha value is -1.17. The van der Waals surface area contributed by atoms with Gasteiger partial charge in [0, 0.05) is 12.5 Å². The van der Waals surface area contributed by atoms with Gasteiger partial charge in [0.15, 0.2) is 4.77 Å². The maximum Gasteiger partial charge on any atom is 0.240 e. The molecule has 0 aliphatic heterocycles. The summed E-state index contributed by atoms with van der Waals surface area (Å²) in [6.07, 6.45) is 6.41. The molecule has 0 aromatic carbocycles. The van der Waals surface area contributed by atoms with Crippen LogP contribution in [0.4, 0.5) is 0 Å². The molecule has 1 aromatic rings. The van der Waals surface area contributed by atoms with Gasteiger partial charge < -0.3 is 5.32 Å². The standard InChI is InChI=1S/C14H26N4OS/c1-4-6-7-9-11(3)15-13(19)10-18-12(8-5-2)16-17-14(18)20/h11H,4-10H2,1-3H3,(H,15,19)(H,17,20)/t11-/m0/s1. The van der Waals surface area contributed by atoms with Gasteiger partial charge in [-0.05, 0) is 32.0 Å². The average molecular weight is 298 g/mol. The van der Waals surface area contributed by atoms with E-state index in [1.165, 1.54) is 12.8 Å². The number of carbonyl (C=O) groups excluding carboxylic acids is 1. The third kappa shape index (κ3) is 5.45. The topological polar surface area (TPSA) is 62.7 Å². The lowest BCUT2D eigenvalue weighted by atomic mass is 10.1. The molecule has 2 N–H and O–H groups in total. The van der Waals surface area contributed by atoms with E-state index in [2.05, 4.69) is 36.3 Å². The Kier molecular flexibility index (Phi) is 7.51. The molecule has 1 rings (SSSR count). The molecule has 0 saturated heterocycles. The number of rotatable bonds is 9. The highest BCUT2D eigenvalue weighted by molar-refractivity contribution is 7.71. The molecule has 1 atom stereocenters. The number of carbonyl (C=O) groups is 1. The lowest BCUT2D eigenvalue weighted by molar-refractivity contribution is -0.122. The largest absolute Gasteiger partial charge is 0.352 e. The lowest BCUT2D eigenvalue weighted by Gasteiger charge is -2.14. The molecule has 20 heavy (non-hydrogen) atoms. The molecule has 114 valence electrons. The third-order valence-electron chi connectivity index (χ3n) is 3.26. The summed E-state index contributed by atoms with van der Waals surface area (Å²) in [7, 11) is 0. The number of unbranched alkanes of at least 4 members (excludes halogenated alkanes) is 2. The van der Waals surface area contributed by atoms with Crippen molar-refractivity contribution < 1.29 is 4.79 Å². The van der Waals surface area contributed by atoms with Crippen LogP contribution < -0.4 is 5.32 Å². The molecule has 1 heterocycles. The fourth-order valence-electron chi connectivity index (χ4n) is 2.16. The van der Waals surface area contributed by atoms with Crippen molar-refractivity contribution in [3.05, 3.63) is 10.6 Å². The quantitative estimate of drug-likeness (QED) is 0.544. The number of aryl methyl sites for hydroxylation is 1. The molecule has 0 unspecified atom stereocenters. The highest BCUT2D eigenvalue weighted by Crippen LogP contribution is 2.04. The van der Waals surface area contributed by atoms with Crippen LogP contribution in [0.15, 0.2) is 0 Å². The molecule has 1 aromatic heterocycles. The van der Waals surface area contributed by atoms with Crippen LogP contribution >= 0.6 is 12.2 Å². The van der Waals surface area contributed by atoms with E-state index in [1.54, 1.807) is 4.57 Å². The van der Waals surface area contributed by atoms with Crippen LogP contribution in [-0.2, 0) is 17.8 Å². The Morgan fingerprint density at radius 3 is 2.80 bits per heavy atom. The Labute approximate surface area is 126 Å². The number of H-pyrrole nitrogens is 1. The van der Waals surface area contributed by atoms with E-state index >= 15 is 0 Å². The second kappa shape index (κ2) is 8.89. The van der Waals surface area contributed by atoms with Crippen LogP contribution in [0.3, 0.4) is 0 Å². The predicted octanol–water partition coefficient (Wildman–Crippen LogP) is 2.98. The molecule has 0 fully saturated rings. The van der Waals surface area contributed by atoms with Gasteiger partial charge in [0.2, 0.25) is 5.91 Å². The minimum absolute atomic E-state index is 0.00357. The zero-order valence-electron chi connectivity index (χ0n) is 12.7. The number of hydrogen-bond donors (Lipinski definition) is 2. The van der Waals surface area contributed by atoms with Gasteiger partial charge in [0.05, 0.1) is 0 Å². The summed E-state index contributed by atoms with van der Waals surface area (Å²) in [6.45, 7) is 6.56. The van der Waals surface area contributed by atoms with Crippen molar-refractivity contribution >= 4 is 18.1 Å². The molecule has 1 amide bonds. The number of nitrogens with zero attached hydrogens (tertiary/aromatic N) is 2. The Morgan fingerprint density at radius 1 is 1.40 bits per heavy atom. The van der Waals surface area contributed by atoms with Crippen molar-refractivity contribution in [1.82, 2.24) is 20.1 Å². The van der Waals surface area contributed by atoms with Gasteiger partial charge in [-0.15, -0.1) is 0 Å². The summed E-state index contributed by atoms with van der Waals surface area (Å²) in [4.78, 5) is 12.0. The first-order valence-corrected chi connectivity index (χ1v) is 7.92. The molecule has 6 heteroatoms. The molecule has 0 spiro atoms. The summed E-state index contributed by atoms with van der Waals surface area (Å²) in [5.74, 6) is 0.857. The molecule has 0 aliphatic carbocycles. The summed E-state index contributed by atoms with van der Waals surface area (Å²) < 4.78 is 2.30. The Morgan fingerprint density at radius 2 is 2.15 bits per heavy atom. The highest BCUT2D eigenvalue weighted by atomic mass is 32.1. The van der Waals surface area contributed by atoms with Crippen LogP contribution in [0.1, 0.15) is 58.7 Å². The van der Waals surface area contributed by atoms with Gasteiger partial charge in [0.1, 0.15) is 12.4 Å². The van der Waals surface area contributed by atoms with Gasteiger partial charge in [-0.2, -0.15) is 5.10 Å². The van der Waals surface area contributed by atoms with E-state index in [0.29, 0.717) is 4.77 Å². The van der Waals surface area contributed by atoms with E-state index in [-0.39, 0.29) is 18.5 Å². The van der Waals surface area contributed by atoms with Crippen molar-refractivity contribution in [3.8, 4) is 0 Å². The first kappa shape index (κ1) is 16.9. The molecule has 0 radical (unpaired) electrons. The second-order valence-electron chi connectivity index (χ2n) is 5.25. The monoisotopic (exact) mass is 298 g/mol. The minimum atomic E-state index is 0.00357. The van der Waals surface area contributed by atoms with Gasteiger partial charge in [-0.3, -0.25) is 14.5 Å². The van der Waals surface area contributed by atoms with E-state index in [0.717, 1.165) is 31.5 Å². The Bertz CT molecular complexity index is 466. The third-order valence-corrected chi connectivity index (χ3v) is 3.57. The molecule has 5 nitrogen and oxygen atoms in total. The van der Waals surface area contributed by atoms with Crippen molar-refractivity contribution in [2.24, 2.45) is 0 Å². The zero-order valence-corrected chi connectivity index (χ0v) is 13.6. The van der Waals surface area contributed by atoms with Gasteiger partial charge in [-0.25, -0.2) is 0 Å². The number of nitrogens with one attached hydrogen (secondary N) is 2. The van der Waals surface area contributed by atoms with Crippen LogP contribution in [0.25, 0.3) is 0 Å². The van der Waals surface area contributed by atoms with Gasteiger partial charge >= 0.3 is 0 Å². The number of hydrogen-bond acceptors (Lipinski definition) is 3. The van der Waals surface area contributed by atoms with Crippen molar-refractivity contribution in [3.63, 3.8) is 0 Å². The molecular formula is C14H26N4OS. The number of amides is 1. The molecule has 0 bridgehead atoms. The summed E-state index contributed by atoms with van der Waals surface area (Å²) >= 11 is 5.17. The van der Waals surface area contributed by atoms with Crippen LogP contribution in [-0.4, -0.2) is 26.7 Å². The summed E-state index contributed by atoms with van der Waals surface area (Å²) in [5, 5.41) is 9.95. The average Bonchev–Trinajstić information content (AvgIpc) is 2.72. The zero-order chi connectivity index (χ0) is 15.0.